The van der Waals surface area contributed by atoms with Gasteiger partial charge in [0.25, 0.3) is 5.69 Å². The van der Waals surface area contributed by atoms with E-state index in [0.717, 1.165) is 19.2 Å². The maximum absolute atomic E-state index is 11.0. The van der Waals surface area contributed by atoms with Crippen molar-refractivity contribution in [2.75, 3.05) is 0 Å². The molecular weight excluding hydrogens is 501 g/mol. The molecule has 104 valence electrons. The summed E-state index contributed by atoms with van der Waals surface area (Å²) in [5, 5.41) is 11.0. The Morgan fingerprint density at radius 1 is 1.25 bits per heavy atom. The SMILES string of the molecule is O=[N+]([O-])c1ccccc1CC(Br)c1cc(I)ccc1Br. The molecule has 0 aliphatic heterocycles. The Hall–Kier alpha value is -0.470. The first-order valence-corrected chi connectivity index (χ1v) is 8.59. The molecule has 0 aromatic heterocycles. The highest BCUT2D eigenvalue weighted by atomic mass is 127. The van der Waals surface area contributed by atoms with Gasteiger partial charge < -0.3 is 0 Å². The lowest BCUT2D eigenvalue weighted by Gasteiger charge is -2.13. The van der Waals surface area contributed by atoms with Crippen molar-refractivity contribution in [1.29, 1.82) is 0 Å². The number of benzene rings is 2. The van der Waals surface area contributed by atoms with Gasteiger partial charge in [-0.25, -0.2) is 0 Å². The van der Waals surface area contributed by atoms with E-state index in [9.17, 15) is 10.1 Å². The Kier molecular flexibility index (Phi) is 5.57. The summed E-state index contributed by atoms with van der Waals surface area (Å²) in [5.41, 5.74) is 1.99. The minimum atomic E-state index is -0.334. The molecule has 2 aromatic carbocycles. The highest BCUT2D eigenvalue weighted by Gasteiger charge is 2.18. The van der Waals surface area contributed by atoms with Crippen LogP contribution >= 0.6 is 54.5 Å². The van der Waals surface area contributed by atoms with E-state index < -0.39 is 0 Å². The molecule has 0 radical (unpaired) electrons. The predicted octanol–water partition coefficient (Wildman–Crippen LogP) is 5.64. The largest absolute Gasteiger partial charge is 0.272 e. The van der Waals surface area contributed by atoms with E-state index in [4.69, 9.17) is 0 Å². The van der Waals surface area contributed by atoms with E-state index in [1.807, 2.05) is 18.2 Å². The van der Waals surface area contributed by atoms with Crippen molar-refractivity contribution < 1.29 is 4.92 Å². The fourth-order valence-corrected chi connectivity index (χ4v) is 3.99. The van der Waals surface area contributed by atoms with E-state index in [1.54, 1.807) is 18.2 Å². The van der Waals surface area contributed by atoms with Gasteiger partial charge in [-0.1, -0.05) is 50.1 Å². The van der Waals surface area contributed by atoms with Crippen molar-refractivity contribution in [3.8, 4) is 0 Å². The first-order valence-electron chi connectivity index (χ1n) is 5.80. The molecule has 6 heteroatoms. The molecule has 0 saturated heterocycles. The zero-order valence-corrected chi connectivity index (χ0v) is 15.6. The van der Waals surface area contributed by atoms with Crippen LogP contribution in [-0.4, -0.2) is 4.92 Å². The van der Waals surface area contributed by atoms with Crippen LogP contribution < -0.4 is 0 Å². The van der Waals surface area contributed by atoms with Crippen LogP contribution in [0.15, 0.2) is 46.9 Å². The van der Waals surface area contributed by atoms with E-state index in [0.29, 0.717) is 6.42 Å². The van der Waals surface area contributed by atoms with Crippen LogP contribution in [0.3, 0.4) is 0 Å². The van der Waals surface area contributed by atoms with Gasteiger partial charge in [-0.3, -0.25) is 10.1 Å². The highest BCUT2D eigenvalue weighted by molar-refractivity contribution is 14.1. The van der Waals surface area contributed by atoms with Gasteiger partial charge in [0.2, 0.25) is 0 Å². The quantitative estimate of drug-likeness (QED) is 0.231. The molecule has 20 heavy (non-hydrogen) atoms. The molecule has 0 aliphatic carbocycles. The van der Waals surface area contributed by atoms with Crippen LogP contribution in [0.4, 0.5) is 5.69 Å². The highest BCUT2D eigenvalue weighted by Crippen LogP contribution is 2.35. The summed E-state index contributed by atoms with van der Waals surface area (Å²) in [4.78, 5) is 10.7. The maximum Gasteiger partial charge on any atom is 0.272 e. The Bertz CT molecular complexity index is 649. The number of rotatable bonds is 4. The minimum Gasteiger partial charge on any atom is -0.258 e. The number of nitro benzene ring substituents is 1. The van der Waals surface area contributed by atoms with E-state index >= 15 is 0 Å². The second-order valence-corrected chi connectivity index (χ2v) is 7.43. The number of alkyl halides is 1. The molecule has 0 fully saturated rings. The molecule has 3 nitrogen and oxygen atoms in total. The molecule has 0 amide bonds. The van der Waals surface area contributed by atoms with E-state index in [2.05, 4.69) is 60.5 Å². The Labute approximate surface area is 147 Å². The van der Waals surface area contributed by atoms with E-state index in [1.165, 1.54) is 0 Å². The van der Waals surface area contributed by atoms with Gasteiger partial charge in [0.05, 0.1) is 4.92 Å². The van der Waals surface area contributed by atoms with Crippen LogP contribution in [0, 0.1) is 13.7 Å². The van der Waals surface area contributed by atoms with Crippen LogP contribution in [0.5, 0.6) is 0 Å². The van der Waals surface area contributed by atoms with E-state index in [-0.39, 0.29) is 15.4 Å². The topological polar surface area (TPSA) is 43.1 Å². The number of nitrogens with zero attached hydrogens (tertiary/aromatic N) is 1. The standard InChI is InChI=1S/C14H10Br2INO2/c15-12-6-5-10(17)8-11(12)13(16)7-9-3-1-2-4-14(9)18(19)20/h1-6,8,13H,7H2. The molecule has 2 rings (SSSR count). The lowest BCUT2D eigenvalue weighted by Crippen LogP contribution is -2.01. The van der Waals surface area contributed by atoms with Gasteiger partial charge in [0.1, 0.15) is 0 Å². The summed E-state index contributed by atoms with van der Waals surface area (Å²) in [6.07, 6.45) is 0.565. The third-order valence-electron chi connectivity index (χ3n) is 2.88. The summed E-state index contributed by atoms with van der Waals surface area (Å²) < 4.78 is 2.13. The monoisotopic (exact) mass is 509 g/mol. The second-order valence-electron chi connectivity index (χ2n) is 4.22. The zero-order valence-electron chi connectivity index (χ0n) is 10.2. The second kappa shape index (κ2) is 7.00. The van der Waals surface area contributed by atoms with Crippen LogP contribution in [0.25, 0.3) is 0 Å². The Morgan fingerprint density at radius 3 is 2.65 bits per heavy atom. The molecule has 2 aromatic rings. The van der Waals surface area contributed by atoms with Gasteiger partial charge in [-0.15, -0.1) is 0 Å². The predicted molar refractivity (Wildman–Crippen MR) is 95.3 cm³/mol. The number of hydrogen-bond donors (Lipinski definition) is 0. The summed E-state index contributed by atoms with van der Waals surface area (Å²) in [6, 6.07) is 12.9. The lowest BCUT2D eigenvalue weighted by atomic mass is 10.0. The fourth-order valence-electron chi connectivity index (χ4n) is 1.92. The number of nitro groups is 1. The van der Waals surface area contributed by atoms with Crippen molar-refractivity contribution in [3.63, 3.8) is 0 Å². The summed E-state index contributed by atoms with van der Waals surface area (Å²) in [5.74, 6) is 0. The number of hydrogen-bond acceptors (Lipinski definition) is 2. The molecule has 0 bridgehead atoms. The average molecular weight is 511 g/mol. The molecule has 0 heterocycles. The summed E-state index contributed by atoms with van der Waals surface area (Å²) in [6.45, 7) is 0. The molecule has 0 spiro atoms. The smallest absolute Gasteiger partial charge is 0.258 e. The third kappa shape index (κ3) is 3.79. The van der Waals surface area contributed by atoms with Crippen molar-refractivity contribution in [3.05, 3.63) is 71.7 Å². The molecule has 0 saturated carbocycles. The average Bonchev–Trinajstić information content (AvgIpc) is 2.41. The van der Waals surface area contributed by atoms with Gasteiger partial charge in [0.15, 0.2) is 0 Å². The summed E-state index contributed by atoms with van der Waals surface area (Å²) in [7, 11) is 0. The first-order chi connectivity index (χ1) is 9.49. The van der Waals surface area contributed by atoms with Crippen molar-refractivity contribution in [1.82, 2.24) is 0 Å². The van der Waals surface area contributed by atoms with Gasteiger partial charge >= 0.3 is 0 Å². The molecule has 1 unspecified atom stereocenters. The Morgan fingerprint density at radius 2 is 1.95 bits per heavy atom. The minimum absolute atomic E-state index is 0.0210. The molecule has 1 atom stereocenters. The molecule has 0 aliphatic rings. The van der Waals surface area contributed by atoms with Crippen LogP contribution in [0.2, 0.25) is 0 Å². The normalized spacial score (nSPS) is 12.2. The molecular formula is C14H10Br2INO2. The lowest BCUT2D eigenvalue weighted by molar-refractivity contribution is -0.385. The van der Waals surface area contributed by atoms with Gasteiger partial charge in [0, 0.05) is 24.5 Å². The van der Waals surface area contributed by atoms with Gasteiger partial charge in [-0.05, 0) is 52.8 Å². The number of halogens is 3. The summed E-state index contributed by atoms with van der Waals surface area (Å²) >= 11 is 9.41. The maximum atomic E-state index is 11.0. The molecule has 0 N–H and O–H groups in total. The first kappa shape index (κ1) is 15.9. The third-order valence-corrected chi connectivity index (χ3v) is 5.09. The Balaban J connectivity index is 2.30. The van der Waals surface area contributed by atoms with Gasteiger partial charge in [-0.2, -0.15) is 0 Å². The van der Waals surface area contributed by atoms with Crippen molar-refractivity contribution in [2.24, 2.45) is 0 Å². The zero-order chi connectivity index (χ0) is 14.7. The van der Waals surface area contributed by atoms with Crippen LogP contribution in [-0.2, 0) is 6.42 Å². The number of para-hydroxylation sites is 1. The van der Waals surface area contributed by atoms with Crippen molar-refractivity contribution >= 4 is 60.1 Å². The fraction of sp³-hybridized carbons (Fsp3) is 0.143. The van der Waals surface area contributed by atoms with Crippen molar-refractivity contribution in [2.45, 2.75) is 11.2 Å². The van der Waals surface area contributed by atoms with Crippen LogP contribution in [0.1, 0.15) is 16.0 Å².